The maximum atomic E-state index is 11.2. The summed E-state index contributed by atoms with van der Waals surface area (Å²) < 4.78 is 9.64. The highest BCUT2D eigenvalue weighted by Crippen LogP contribution is 2.20. The smallest absolute Gasteiger partial charge is 0.337 e. The van der Waals surface area contributed by atoms with Crippen LogP contribution in [0, 0.1) is 11.3 Å². The van der Waals surface area contributed by atoms with Crippen LogP contribution < -0.4 is 4.74 Å². The van der Waals surface area contributed by atoms with Gasteiger partial charge >= 0.3 is 5.97 Å². The third-order valence-electron chi connectivity index (χ3n) is 1.97. The summed E-state index contributed by atoms with van der Waals surface area (Å²) in [7, 11) is 2.84. The van der Waals surface area contributed by atoms with E-state index in [0.717, 1.165) is 0 Å². The molecule has 0 amide bonds. The molecule has 0 fully saturated rings. The molecule has 1 aromatic carbocycles. The van der Waals surface area contributed by atoms with Gasteiger partial charge in [0.1, 0.15) is 5.75 Å². The van der Waals surface area contributed by atoms with Gasteiger partial charge in [0.25, 0.3) is 0 Å². The van der Waals surface area contributed by atoms with Gasteiger partial charge in [-0.05, 0) is 18.2 Å². The normalized spacial score (nSPS) is 9.13. The fraction of sp³-hybridized carbons (Fsp3) is 0.273. The number of carbonyl (C=O) groups is 1. The Morgan fingerprint density at radius 1 is 1.47 bits per heavy atom. The molecule has 4 heteroatoms. The molecule has 0 aliphatic carbocycles. The van der Waals surface area contributed by atoms with Crippen molar-refractivity contribution in [3.05, 3.63) is 29.3 Å². The third kappa shape index (κ3) is 2.47. The van der Waals surface area contributed by atoms with Gasteiger partial charge in [-0.15, -0.1) is 0 Å². The Labute approximate surface area is 88.0 Å². The highest BCUT2D eigenvalue weighted by molar-refractivity contribution is 5.89. The van der Waals surface area contributed by atoms with Gasteiger partial charge in [0, 0.05) is 5.56 Å². The molecule has 0 aromatic heterocycles. The molecule has 0 radical (unpaired) electrons. The van der Waals surface area contributed by atoms with E-state index < -0.39 is 5.97 Å². The minimum atomic E-state index is -0.420. The first kappa shape index (κ1) is 11.1. The van der Waals surface area contributed by atoms with Crippen LogP contribution in [0.3, 0.4) is 0 Å². The van der Waals surface area contributed by atoms with E-state index in [0.29, 0.717) is 16.9 Å². The standard InChI is InChI=1S/C11H11NO3/c1-14-10-4-3-9(11(13)15-2)7-8(10)5-6-12/h3-4,7H,5H2,1-2H3. The lowest BCUT2D eigenvalue weighted by Crippen LogP contribution is -2.02. The van der Waals surface area contributed by atoms with Crippen molar-refractivity contribution in [2.45, 2.75) is 6.42 Å². The summed E-state index contributed by atoms with van der Waals surface area (Å²) in [4.78, 5) is 11.2. The second kappa shape index (κ2) is 5.01. The summed E-state index contributed by atoms with van der Waals surface area (Å²) in [5.41, 5.74) is 1.10. The van der Waals surface area contributed by atoms with Crippen LogP contribution in [0.25, 0.3) is 0 Å². The monoisotopic (exact) mass is 205 g/mol. The number of benzene rings is 1. The molecule has 0 heterocycles. The number of hydrogen-bond acceptors (Lipinski definition) is 4. The molecule has 0 saturated heterocycles. The minimum Gasteiger partial charge on any atom is -0.496 e. The molecule has 4 nitrogen and oxygen atoms in total. The molecule has 0 aliphatic rings. The van der Waals surface area contributed by atoms with Crippen LogP contribution in [-0.2, 0) is 11.2 Å². The zero-order chi connectivity index (χ0) is 11.3. The summed E-state index contributed by atoms with van der Waals surface area (Å²) in [6, 6.07) is 6.87. The predicted molar refractivity (Wildman–Crippen MR) is 53.7 cm³/mol. The maximum Gasteiger partial charge on any atom is 0.337 e. The quantitative estimate of drug-likeness (QED) is 0.702. The van der Waals surface area contributed by atoms with E-state index >= 15 is 0 Å². The third-order valence-corrected chi connectivity index (χ3v) is 1.97. The van der Waals surface area contributed by atoms with E-state index in [4.69, 9.17) is 10.00 Å². The van der Waals surface area contributed by atoms with Crippen molar-refractivity contribution in [1.29, 1.82) is 5.26 Å². The second-order valence-corrected chi connectivity index (χ2v) is 2.85. The van der Waals surface area contributed by atoms with Crippen molar-refractivity contribution < 1.29 is 14.3 Å². The lowest BCUT2D eigenvalue weighted by Gasteiger charge is -2.07. The molecular weight excluding hydrogens is 194 g/mol. The first-order valence-corrected chi connectivity index (χ1v) is 4.35. The van der Waals surface area contributed by atoms with Gasteiger partial charge in [0.2, 0.25) is 0 Å². The van der Waals surface area contributed by atoms with Crippen molar-refractivity contribution in [3.63, 3.8) is 0 Å². The van der Waals surface area contributed by atoms with Crippen LogP contribution in [0.2, 0.25) is 0 Å². The Bertz CT molecular complexity index is 407. The van der Waals surface area contributed by atoms with Gasteiger partial charge < -0.3 is 9.47 Å². The van der Waals surface area contributed by atoms with Gasteiger partial charge in [-0.3, -0.25) is 0 Å². The lowest BCUT2D eigenvalue weighted by molar-refractivity contribution is 0.0600. The molecule has 1 aromatic rings. The number of methoxy groups -OCH3 is 2. The Morgan fingerprint density at radius 2 is 2.20 bits per heavy atom. The van der Waals surface area contributed by atoms with Gasteiger partial charge in [0.05, 0.1) is 32.3 Å². The molecule has 0 spiro atoms. The molecule has 0 N–H and O–H groups in total. The molecule has 1 rings (SSSR count). The van der Waals surface area contributed by atoms with E-state index in [-0.39, 0.29) is 6.42 Å². The molecule has 15 heavy (non-hydrogen) atoms. The van der Waals surface area contributed by atoms with Crippen LogP contribution in [0.4, 0.5) is 0 Å². The van der Waals surface area contributed by atoms with Crippen LogP contribution in [-0.4, -0.2) is 20.2 Å². The van der Waals surface area contributed by atoms with Crippen molar-refractivity contribution in [3.8, 4) is 11.8 Å². The van der Waals surface area contributed by atoms with Crippen LogP contribution in [0.5, 0.6) is 5.75 Å². The van der Waals surface area contributed by atoms with Gasteiger partial charge in [-0.25, -0.2) is 4.79 Å². The maximum absolute atomic E-state index is 11.2. The van der Waals surface area contributed by atoms with Gasteiger partial charge in [-0.1, -0.05) is 0 Å². The van der Waals surface area contributed by atoms with E-state index in [2.05, 4.69) is 4.74 Å². The van der Waals surface area contributed by atoms with E-state index in [9.17, 15) is 4.79 Å². The SMILES string of the molecule is COC(=O)c1ccc(OC)c(CC#N)c1. The highest BCUT2D eigenvalue weighted by atomic mass is 16.5. The van der Waals surface area contributed by atoms with Crippen LogP contribution >= 0.6 is 0 Å². The summed E-state index contributed by atoms with van der Waals surface area (Å²) in [5, 5.41) is 8.60. The first-order chi connectivity index (χ1) is 7.22. The number of ether oxygens (including phenoxy) is 2. The fourth-order valence-corrected chi connectivity index (χ4v) is 1.25. The largest absolute Gasteiger partial charge is 0.496 e. The number of carbonyl (C=O) groups excluding carboxylic acids is 1. The van der Waals surface area contributed by atoms with E-state index in [1.165, 1.54) is 14.2 Å². The fourth-order valence-electron chi connectivity index (χ4n) is 1.25. The van der Waals surface area contributed by atoms with E-state index in [1.54, 1.807) is 18.2 Å². The molecule has 0 bridgehead atoms. The number of esters is 1. The molecule has 0 unspecified atom stereocenters. The Morgan fingerprint density at radius 3 is 2.73 bits per heavy atom. The highest BCUT2D eigenvalue weighted by Gasteiger charge is 2.09. The molecular formula is C11H11NO3. The predicted octanol–water partition coefficient (Wildman–Crippen LogP) is 1.55. The van der Waals surface area contributed by atoms with Crippen LogP contribution in [0.15, 0.2) is 18.2 Å². The zero-order valence-electron chi connectivity index (χ0n) is 8.61. The summed E-state index contributed by atoms with van der Waals surface area (Å²) >= 11 is 0. The number of hydrogen-bond donors (Lipinski definition) is 0. The zero-order valence-corrected chi connectivity index (χ0v) is 8.61. The Balaban J connectivity index is 3.11. The Hall–Kier alpha value is -2.02. The number of nitrogens with zero attached hydrogens (tertiary/aromatic N) is 1. The molecule has 78 valence electrons. The van der Waals surface area contributed by atoms with Gasteiger partial charge in [0.15, 0.2) is 0 Å². The van der Waals surface area contributed by atoms with E-state index in [1.807, 2.05) is 6.07 Å². The van der Waals surface area contributed by atoms with Crippen LogP contribution in [0.1, 0.15) is 15.9 Å². The Kier molecular flexibility index (Phi) is 3.69. The van der Waals surface area contributed by atoms with Gasteiger partial charge in [-0.2, -0.15) is 5.26 Å². The molecule has 0 saturated carbocycles. The van der Waals surface area contributed by atoms with Crippen molar-refractivity contribution in [2.75, 3.05) is 14.2 Å². The average molecular weight is 205 g/mol. The minimum absolute atomic E-state index is 0.202. The topological polar surface area (TPSA) is 59.3 Å². The number of nitriles is 1. The first-order valence-electron chi connectivity index (χ1n) is 4.35. The van der Waals surface area contributed by atoms with Crippen molar-refractivity contribution in [2.24, 2.45) is 0 Å². The average Bonchev–Trinajstić information content (AvgIpc) is 2.28. The molecule has 0 aliphatic heterocycles. The summed E-state index contributed by atoms with van der Waals surface area (Å²) in [6.07, 6.45) is 0.202. The second-order valence-electron chi connectivity index (χ2n) is 2.85. The summed E-state index contributed by atoms with van der Waals surface area (Å²) in [6.45, 7) is 0. The summed E-state index contributed by atoms with van der Waals surface area (Å²) in [5.74, 6) is 0.182. The number of rotatable bonds is 3. The lowest BCUT2D eigenvalue weighted by atomic mass is 10.1. The van der Waals surface area contributed by atoms with Crippen molar-refractivity contribution in [1.82, 2.24) is 0 Å². The van der Waals surface area contributed by atoms with Crippen molar-refractivity contribution >= 4 is 5.97 Å². The molecule has 0 atom stereocenters.